The molecule has 0 aromatic heterocycles. The van der Waals surface area contributed by atoms with Gasteiger partial charge in [-0.25, -0.2) is 0 Å². The van der Waals surface area contributed by atoms with Gasteiger partial charge in [-0.05, 0) is 19.0 Å². The molecular weight excluding hydrogens is 146 g/mol. The van der Waals surface area contributed by atoms with Crippen LogP contribution in [0.25, 0.3) is 0 Å². The van der Waals surface area contributed by atoms with E-state index in [-0.39, 0.29) is 5.41 Å². The fraction of sp³-hybridized carbons (Fsp3) is 0.818. The van der Waals surface area contributed by atoms with Gasteiger partial charge < -0.3 is 4.90 Å². The van der Waals surface area contributed by atoms with Crippen LogP contribution in [-0.2, 0) is 0 Å². The lowest BCUT2D eigenvalue weighted by Crippen LogP contribution is -2.29. The second kappa shape index (κ2) is 7.35. The zero-order valence-corrected chi connectivity index (χ0v) is 9.65. The molecule has 0 unspecified atom stereocenters. The van der Waals surface area contributed by atoms with Gasteiger partial charge in [-0.1, -0.05) is 40.7 Å². The fourth-order valence-corrected chi connectivity index (χ4v) is 0.872. The van der Waals surface area contributed by atoms with Crippen LogP contribution in [0.4, 0.5) is 0 Å². The first-order valence-corrected chi connectivity index (χ1v) is 4.84. The molecule has 0 aliphatic carbocycles. The van der Waals surface area contributed by atoms with Crippen molar-refractivity contribution in [2.24, 2.45) is 5.41 Å². The van der Waals surface area contributed by atoms with E-state index < -0.39 is 0 Å². The van der Waals surface area contributed by atoms with Crippen molar-refractivity contribution < 1.29 is 0 Å². The molecule has 0 N–H and O–H groups in total. The molecule has 0 heterocycles. The van der Waals surface area contributed by atoms with E-state index in [0.717, 1.165) is 13.1 Å². The largest absolute Gasteiger partial charge is 0.306 e. The molecule has 0 saturated heterocycles. The average molecular weight is 171 g/mol. The Kier molecular flexibility index (Phi) is 8.73. The van der Waals surface area contributed by atoms with Gasteiger partial charge in [0.05, 0.1) is 0 Å². The second-order valence-electron chi connectivity index (χ2n) is 3.52. The maximum absolute atomic E-state index is 3.79. The Labute approximate surface area is 78.5 Å². The monoisotopic (exact) mass is 171 g/mol. The van der Waals surface area contributed by atoms with Gasteiger partial charge in [-0.3, -0.25) is 0 Å². The molecule has 0 aliphatic heterocycles. The van der Waals surface area contributed by atoms with Crippen LogP contribution in [0.3, 0.4) is 0 Å². The summed E-state index contributed by atoms with van der Waals surface area (Å²) in [7, 11) is 2.13. The first-order valence-electron chi connectivity index (χ1n) is 4.84. The summed E-state index contributed by atoms with van der Waals surface area (Å²) in [5, 5.41) is 0. The van der Waals surface area contributed by atoms with Crippen molar-refractivity contribution in [3.05, 3.63) is 12.7 Å². The van der Waals surface area contributed by atoms with E-state index in [1.807, 2.05) is 19.9 Å². The van der Waals surface area contributed by atoms with Crippen molar-refractivity contribution in [2.75, 3.05) is 20.1 Å². The van der Waals surface area contributed by atoms with Crippen LogP contribution in [0.2, 0.25) is 0 Å². The fourth-order valence-electron chi connectivity index (χ4n) is 0.872. The van der Waals surface area contributed by atoms with Crippen LogP contribution in [-0.4, -0.2) is 25.0 Å². The summed E-state index contributed by atoms with van der Waals surface area (Å²) in [6.45, 7) is 16.6. The maximum atomic E-state index is 3.79. The van der Waals surface area contributed by atoms with E-state index >= 15 is 0 Å². The lowest BCUT2D eigenvalue weighted by molar-refractivity contribution is 0.261. The Hall–Kier alpha value is -0.300. The molecule has 0 radical (unpaired) electrons. The van der Waals surface area contributed by atoms with Gasteiger partial charge >= 0.3 is 0 Å². The number of hydrogen-bond acceptors (Lipinski definition) is 1. The first-order chi connectivity index (χ1) is 5.52. The van der Waals surface area contributed by atoms with E-state index in [9.17, 15) is 0 Å². The molecule has 0 aromatic carbocycles. The lowest BCUT2D eigenvalue weighted by Gasteiger charge is -2.26. The Morgan fingerprint density at radius 1 is 1.33 bits per heavy atom. The molecule has 0 aliphatic rings. The third-order valence-electron chi connectivity index (χ3n) is 1.77. The van der Waals surface area contributed by atoms with Crippen molar-refractivity contribution in [1.82, 2.24) is 4.90 Å². The molecule has 1 heteroatoms. The molecule has 0 amide bonds. The van der Waals surface area contributed by atoms with Crippen LogP contribution in [0, 0.1) is 5.41 Å². The summed E-state index contributed by atoms with van der Waals surface area (Å²) in [6.07, 6.45) is 2.01. The van der Waals surface area contributed by atoms with Gasteiger partial charge in [-0.2, -0.15) is 0 Å². The predicted octanol–water partition coefficient (Wildman–Crippen LogP) is 3.18. The van der Waals surface area contributed by atoms with Crippen LogP contribution < -0.4 is 0 Å². The molecule has 1 nitrogen and oxygen atoms in total. The SMILES string of the molecule is C=CC(C)(C)CN(C)CC.CC. The van der Waals surface area contributed by atoms with Crippen molar-refractivity contribution in [2.45, 2.75) is 34.6 Å². The normalized spacial score (nSPS) is 10.6. The van der Waals surface area contributed by atoms with Crippen molar-refractivity contribution in [1.29, 1.82) is 0 Å². The molecule has 74 valence electrons. The quantitative estimate of drug-likeness (QED) is 0.587. The highest BCUT2D eigenvalue weighted by Gasteiger charge is 2.13. The average Bonchev–Trinajstić information content (AvgIpc) is 2.07. The van der Waals surface area contributed by atoms with Crippen molar-refractivity contribution >= 4 is 0 Å². The van der Waals surface area contributed by atoms with Gasteiger partial charge in [0, 0.05) is 6.54 Å². The summed E-state index contributed by atoms with van der Waals surface area (Å²) in [5.74, 6) is 0. The van der Waals surface area contributed by atoms with Gasteiger partial charge in [0.2, 0.25) is 0 Å². The highest BCUT2D eigenvalue weighted by atomic mass is 15.1. The molecule has 12 heavy (non-hydrogen) atoms. The smallest absolute Gasteiger partial charge is 0.00641 e. The summed E-state index contributed by atoms with van der Waals surface area (Å²) in [4.78, 5) is 2.29. The third kappa shape index (κ3) is 7.80. The van der Waals surface area contributed by atoms with Crippen LogP contribution in [0.15, 0.2) is 12.7 Å². The highest BCUT2D eigenvalue weighted by Crippen LogP contribution is 2.16. The summed E-state index contributed by atoms with van der Waals surface area (Å²) >= 11 is 0. The summed E-state index contributed by atoms with van der Waals surface area (Å²) in [6, 6.07) is 0. The van der Waals surface area contributed by atoms with E-state index in [4.69, 9.17) is 0 Å². The minimum absolute atomic E-state index is 0.255. The minimum atomic E-state index is 0.255. The zero-order chi connectivity index (χ0) is 10.2. The minimum Gasteiger partial charge on any atom is -0.306 e. The molecule has 0 atom stereocenters. The van der Waals surface area contributed by atoms with Crippen molar-refractivity contribution in [3.63, 3.8) is 0 Å². The van der Waals surface area contributed by atoms with Gasteiger partial charge in [0.15, 0.2) is 0 Å². The zero-order valence-electron chi connectivity index (χ0n) is 9.65. The Balaban J connectivity index is 0. The Morgan fingerprint density at radius 2 is 1.75 bits per heavy atom. The molecule has 0 aromatic rings. The van der Waals surface area contributed by atoms with Crippen LogP contribution in [0.1, 0.15) is 34.6 Å². The van der Waals surface area contributed by atoms with E-state index in [1.165, 1.54) is 0 Å². The molecule has 0 fully saturated rings. The van der Waals surface area contributed by atoms with Crippen LogP contribution >= 0.6 is 0 Å². The van der Waals surface area contributed by atoms with Crippen LogP contribution in [0.5, 0.6) is 0 Å². The van der Waals surface area contributed by atoms with Gasteiger partial charge in [0.1, 0.15) is 0 Å². The number of hydrogen-bond donors (Lipinski definition) is 0. The van der Waals surface area contributed by atoms with E-state index in [1.54, 1.807) is 0 Å². The second-order valence-corrected chi connectivity index (χ2v) is 3.52. The van der Waals surface area contributed by atoms with E-state index in [0.29, 0.717) is 0 Å². The first kappa shape index (κ1) is 14.2. The lowest BCUT2D eigenvalue weighted by atomic mass is 9.93. The molecule has 0 bridgehead atoms. The topological polar surface area (TPSA) is 3.24 Å². The van der Waals surface area contributed by atoms with Gasteiger partial charge in [0.25, 0.3) is 0 Å². The summed E-state index contributed by atoms with van der Waals surface area (Å²) in [5.41, 5.74) is 0.255. The summed E-state index contributed by atoms with van der Waals surface area (Å²) < 4.78 is 0. The molecular formula is C11H25N. The Morgan fingerprint density at radius 3 is 2.00 bits per heavy atom. The molecule has 0 rings (SSSR count). The molecule has 0 spiro atoms. The maximum Gasteiger partial charge on any atom is 0.00641 e. The Bertz CT molecular complexity index is 106. The molecule has 0 saturated carbocycles. The number of nitrogens with zero attached hydrogens (tertiary/aromatic N) is 1. The van der Waals surface area contributed by atoms with E-state index in [2.05, 4.69) is 39.3 Å². The van der Waals surface area contributed by atoms with Crippen molar-refractivity contribution in [3.8, 4) is 0 Å². The number of rotatable bonds is 4. The predicted molar refractivity (Wildman–Crippen MR) is 58.5 cm³/mol. The highest BCUT2D eigenvalue weighted by molar-refractivity contribution is 4.89. The van der Waals surface area contributed by atoms with Gasteiger partial charge in [-0.15, -0.1) is 6.58 Å². The third-order valence-corrected chi connectivity index (χ3v) is 1.77. The standard InChI is InChI=1S/C9H19N.C2H6/c1-6-9(3,4)8-10(5)7-2;1-2/h6H,1,7-8H2,2-5H3;1-2H3.